The molecule has 2 aromatic heterocycles. The summed E-state index contributed by atoms with van der Waals surface area (Å²) in [5.74, 6) is -0.425. The monoisotopic (exact) mass is 420 g/mol. The number of anilines is 1. The lowest BCUT2D eigenvalue weighted by Crippen LogP contribution is -2.29. The van der Waals surface area contributed by atoms with E-state index in [-0.39, 0.29) is 9.77 Å². The molecule has 10 heteroatoms. The number of benzene rings is 1. The zero-order valence-corrected chi connectivity index (χ0v) is 16.6. The molecule has 0 spiro atoms. The van der Waals surface area contributed by atoms with Crippen LogP contribution in [0.4, 0.5) is 5.69 Å². The minimum atomic E-state index is -3.63. The number of nitrogens with one attached hydrogen (secondary N) is 1. The Morgan fingerprint density at radius 1 is 1.11 bits per heavy atom. The zero-order chi connectivity index (χ0) is 18.9. The molecule has 3 aromatic rings. The van der Waals surface area contributed by atoms with E-state index in [9.17, 15) is 13.2 Å². The molecule has 0 aliphatic carbocycles. The Balaban J connectivity index is 1.53. The molecule has 1 fully saturated rings. The standard InChI is InChI=1S/C17H16N4O3S3/c22-17(18-13-5-3-12(4-6-13)14-11-26-20-19-14)16-15(7-10-25-16)27(23,24)21-8-1-2-9-21/h3-7,10-11H,1-2,8-9H2,(H,18,22). The first kappa shape index (κ1) is 18.2. The van der Waals surface area contributed by atoms with Gasteiger partial charge in [0.25, 0.3) is 5.91 Å². The summed E-state index contributed by atoms with van der Waals surface area (Å²) < 4.78 is 30.9. The summed E-state index contributed by atoms with van der Waals surface area (Å²) in [4.78, 5) is 13.0. The summed E-state index contributed by atoms with van der Waals surface area (Å²) in [6.45, 7) is 1.01. The Morgan fingerprint density at radius 3 is 2.52 bits per heavy atom. The smallest absolute Gasteiger partial charge is 0.267 e. The van der Waals surface area contributed by atoms with Crippen LogP contribution in [-0.4, -0.2) is 41.3 Å². The van der Waals surface area contributed by atoms with E-state index in [1.807, 2.05) is 17.5 Å². The molecule has 0 unspecified atom stereocenters. The fourth-order valence-corrected chi connectivity index (χ4v) is 6.21. The summed E-state index contributed by atoms with van der Waals surface area (Å²) in [6, 6.07) is 8.69. The molecular formula is C17H16N4O3S3. The molecule has 0 saturated carbocycles. The van der Waals surface area contributed by atoms with Crippen molar-refractivity contribution in [3.63, 3.8) is 0 Å². The molecular weight excluding hydrogens is 404 g/mol. The van der Waals surface area contributed by atoms with Crippen LogP contribution in [0.3, 0.4) is 0 Å². The molecule has 3 heterocycles. The highest BCUT2D eigenvalue weighted by atomic mass is 32.2. The van der Waals surface area contributed by atoms with Gasteiger partial charge in [-0.15, -0.1) is 16.4 Å². The van der Waals surface area contributed by atoms with Crippen molar-refractivity contribution in [1.82, 2.24) is 13.9 Å². The van der Waals surface area contributed by atoms with Crippen LogP contribution in [0.5, 0.6) is 0 Å². The van der Waals surface area contributed by atoms with E-state index >= 15 is 0 Å². The summed E-state index contributed by atoms with van der Waals surface area (Å²) in [5.41, 5.74) is 2.26. The average molecular weight is 421 g/mol. The molecule has 4 rings (SSSR count). The van der Waals surface area contributed by atoms with Crippen molar-refractivity contribution in [2.75, 3.05) is 18.4 Å². The van der Waals surface area contributed by atoms with E-state index in [0.29, 0.717) is 18.8 Å². The second-order valence-corrected chi connectivity index (χ2v) is 9.48. The Hall–Kier alpha value is -2.14. The minimum Gasteiger partial charge on any atom is -0.321 e. The first-order valence-electron chi connectivity index (χ1n) is 8.32. The number of amides is 1. The molecule has 0 atom stereocenters. The van der Waals surface area contributed by atoms with Gasteiger partial charge in [0.1, 0.15) is 15.5 Å². The maximum atomic E-state index is 12.8. The lowest BCUT2D eigenvalue weighted by atomic mass is 10.1. The van der Waals surface area contributed by atoms with Gasteiger partial charge in [0, 0.05) is 29.7 Å². The molecule has 27 heavy (non-hydrogen) atoms. The van der Waals surface area contributed by atoms with Crippen LogP contribution in [-0.2, 0) is 10.0 Å². The summed E-state index contributed by atoms with van der Waals surface area (Å²) in [7, 11) is -3.63. The summed E-state index contributed by atoms with van der Waals surface area (Å²) >= 11 is 2.40. The Bertz CT molecular complexity index is 1040. The van der Waals surface area contributed by atoms with Crippen molar-refractivity contribution in [2.24, 2.45) is 0 Å². The summed E-state index contributed by atoms with van der Waals surface area (Å²) in [5, 5.41) is 10.3. The second kappa shape index (κ2) is 7.47. The number of rotatable bonds is 5. The average Bonchev–Trinajstić information content (AvgIpc) is 3.44. The SMILES string of the molecule is O=C(Nc1ccc(-c2csnn2)cc1)c1sccc1S(=O)(=O)N1CCCC1. The normalized spacial score (nSPS) is 15.1. The lowest BCUT2D eigenvalue weighted by molar-refractivity contribution is 0.102. The second-order valence-electron chi connectivity index (χ2n) is 6.05. The maximum absolute atomic E-state index is 12.8. The van der Waals surface area contributed by atoms with Gasteiger partial charge in [0.05, 0.1) is 0 Å². The first-order chi connectivity index (χ1) is 13.1. The number of aromatic nitrogens is 2. The molecule has 1 aliphatic heterocycles. The van der Waals surface area contributed by atoms with Crippen LogP contribution < -0.4 is 5.32 Å². The first-order valence-corrected chi connectivity index (χ1v) is 11.5. The highest BCUT2D eigenvalue weighted by molar-refractivity contribution is 7.89. The molecule has 1 saturated heterocycles. The Morgan fingerprint density at radius 2 is 1.85 bits per heavy atom. The third-order valence-corrected chi connectivity index (χ3v) is 7.80. The van der Waals surface area contributed by atoms with E-state index in [1.54, 1.807) is 17.5 Å². The number of thiophene rings is 1. The third kappa shape index (κ3) is 3.65. The lowest BCUT2D eigenvalue weighted by Gasteiger charge is -2.15. The number of nitrogens with zero attached hydrogens (tertiary/aromatic N) is 3. The minimum absolute atomic E-state index is 0.0806. The Labute approximate surface area is 164 Å². The van der Waals surface area contributed by atoms with E-state index in [2.05, 4.69) is 14.9 Å². The molecule has 1 N–H and O–H groups in total. The van der Waals surface area contributed by atoms with E-state index < -0.39 is 15.9 Å². The van der Waals surface area contributed by atoms with Crippen LogP contribution in [0.2, 0.25) is 0 Å². The number of carbonyl (C=O) groups excluding carboxylic acids is 1. The summed E-state index contributed by atoms with van der Waals surface area (Å²) in [6.07, 6.45) is 1.71. The molecule has 7 nitrogen and oxygen atoms in total. The highest BCUT2D eigenvalue weighted by Gasteiger charge is 2.31. The highest BCUT2D eigenvalue weighted by Crippen LogP contribution is 2.28. The van der Waals surface area contributed by atoms with Crippen molar-refractivity contribution in [2.45, 2.75) is 17.7 Å². The van der Waals surface area contributed by atoms with Gasteiger partial charge in [-0.2, -0.15) is 4.31 Å². The van der Waals surface area contributed by atoms with Crippen molar-refractivity contribution in [3.05, 3.63) is 46.0 Å². The quantitative estimate of drug-likeness (QED) is 0.684. The van der Waals surface area contributed by atoms with E-state index in [1.165, 1.54) is 21.9 Å². The van der Waals surface area contributed by atoms with E-state index in [0.717, 1.165) is 35.4 Å². The molecule has 140 valence electrons. The van der Waals surface area contributed by atoms with Gasteiger partial charge in [-0.3, -0.25) is 4.79 Å². The van der Waals surface area contributed by atoms with Crippen LogP contribution in [0.1, 0.15) is 22.5 Å². The van der Waals surface area contributed by atoms with Crippen molar-refractivity contribution < 1.29 is 13.2 Å². The number of hydrogen-bond acceptors (Lipinski definition) is 7. The van der Waals surface area contributed by atoms with Crippen molar-refractivity contribution >= 4 is 44.5 Å². The molecule has 0 bridgehead atoms. The molecule has 0 radical (unpaired) electrons. The molecule has 1 amide bonds. The number of sulfonamides is 1. The third-order valence-electron chi connectivity index (χ3n) is 4.32. The van der Waals surface area contributed by atoms with Gasteiger partial charge in [-0.25, -0.2) is 8.42 Å². The predicted molar refractivity (Wildman–Crippen MR) is 106 cm³/mol. The van der Waals surface area contributed by atoms with Gasteiger partial charge < -0.3 is 5.32 Å². The van der Waals surface area contributed by atoms with E-state index in [4.69, 9.17) is 0 Å². The molecule has 1 aliphatic rings. The zero-order valence-electron chi connectivity index (χ0n) is 14.2. The fraction of sp³-hybridized carbons (Fsp3) is 0.235. The number of carbonyl (C=O) groups is 1. The van der Waals surface area contributed by atoms with Crippen molar-refractivity contribution in [3.8, 4) is 11.3 Å². The van der Waals surface area contributed by atoms with Gasteiger partial charge in [0.15, 0.2) is 0 Å². The van der Waals surface area contributed by atoms with Gasteiger partial charge in [-0.05, 0) is 48.0 Å². The largest absolute Gasteiger partial charge is 0.321 e. The van der Waals surface area contributed by atoms with Crippen LogP contribution in [0, 0.1) is 0 Å². The van der Waals surface area contributed by atoms with Crippen molar-refractivity contribution in [1.29, 1.82) is 0 Å². The fourth-order valence-electron chi connectivity index (χ4n) is 2.94. The van der Waals surface area contributed by atoms with Gasteiger partial charge in [0.2, 0.25) is 10.0 Å². The van der Waals surface area contributed by atoms with Gasteiger partial charge in [-0.1, -0.05) is 16.6 Å². The van der Waals surface area contributed by atoms with Crippen LogP contribution in [0.25, 0.3) is 11.3 Å². The predicted octanol–water partition coefficient (Wildman–Crippen LogP) is 3.30. The molecule has 1 aromatic carbocycles. The topological polar surface area (TPSA) is 92.3 Å². The van der Waals surface area contributed by atoms with Gasteiger partial charge >= 0.3 is 0 Å². The van der Waals surface area contributed by atoms with Crippen LogP contribution in [0.15, 0.2) is 46.0 Å². The number of hydrogen-bond donors (Lipinski definition) is 1. The Kier molecular flexibility index (Phi) is 5.04. The van der Waals surface area contributed by atoms with Crippen LogP contribution >= 0.6 is 22.9 Å². The maximum Gasteiger partial charge on any atom is 0.267 e.